The second kappa shape index (κ2) is 3.65. The second-order valence-corrected chi connectivity index (χ2v) is 4.44. The molecule has 1 aromatic heterocycles. The number of phenolic OH excluding ortho intramolecular Hbond substituents is 2. The summed E-state index contributed by atoms with van der Waals surface area (Å²) in [5.74, 6) is 0.00327. The van der Waals surface area contributed by atoms with Gasteiger partial charge >= 0.3 is 0 Å². The molecule has 0 saturated heterocycles. The van der Waals surface area contributed by atoms with E-state index < -0.39 is 0 Å². The van der Waals surface area contributed by atoms with Crippen LogP contribution in [0.25, 0.3) is 21.7 Å². The van der Waals surface area contributed by atoms with E-state index in [1.165, 1.54) is 24.3 Å². The highest BCUT2D eigenvalue weighted by Crippen LogP contribution is 2.32. The van der Waals surface area contributed by atoms with E-state index in [4.69, 9.17) is 11.6 Å². The van der Waals surface area contributed by atoms with Gasteiger partial charge < -0.3 is 15.2 Å². The molecular formula is C13H8ClNO3. The normalized spacial score (nSPS) is 11.2. The van der Waals surface area contributed by atoms with Crippen molar-refractivity contribution in [2.24, 2.45) is 0 Å². The number of nitrogens with one attached hydrogen (secondary N) is 1. The van der Waals surface area contributed by atoms with E-state index in [0.717, 1.165) is 0 Å². The van der Waals surface area contributed by atoms with E-state index >= 15 is 0 Å². The first kappa shape index (κ1) is 10.9. The third kappa shape index (κ3) is 1.50. The van der Waals surface area contributed by atoms with Crippen LogP contribution in [0.5, 0.6) is 11.5 Å². The minimum atomic E-state index is -0.360. The standard InChI is InChI=1S/C13H8ClNO3/c14-10-4-7(17)3-9-12(10)8-2-1-6(16)5-11(8)15-13(9)18/h1-5,16-17H,(H,15,18). The molecule has 3 rings (SSSR count). The summed E-state index contributed by atoms with van der Waals surface area (Å²) in [7, 11) is 0. The second-order valence-electron chi connectivity index (χ2n) is 4.03. The predicted molar refractivity (Wildman–Crippen MR) is 70.4 cm³/mol. The zero-order chi connectivity index (χ0) is 12.9. The summed E-state index contributed by atoms with van der Waals surface area (Å²) >= 11 is 6.08. The van der Waals surface area contributed by atoms with Crippen molar-refractivity contribution in [3.63, 3.8) is 0 Å². The topological polar surface area (TPSA) is 73.3 Å². The summed E-state index contributed by atoms with van der Waals surface area (Å²) in [5.41, 5.74) is 0.140. The molecule has 1 heterocycles. The molecule has 0 amide bonds. The highest BCUT2D eigenvalue weighted by Gasteiger charge is 2.10. The van der Waals surface area contributed by atoms with E-state index in [1.54, 1.807) is 6.07 Å². The van der Waals surface area contributed by atoms with E-state index in [9.17, 15) is 15.0 Å². The molecule has 5 heteroatoms. The number of rotatable bonds is 0. The average Bonchev–Trinajstić information content (AvgIpc) is 2.29. The Morgan fingerprint density at radius 2 is 1.78 bits per heavy atom. The molecule has 0 unspecified atom stereocenters. The molecule has 90 valence electrons. The number of H-pyrrole nitrogens is 1. The monoisotopic (exact) mass is 261 g/mol. The summed E-state index contributed by atoms with van der Waals surface area (Å²) in [6.45, 7) is 0. The van der Waals surface area contributed by atoms with Crippen LogP contribution < -0.4 is 5.56 Å². The van der Waals surface area contributed by atoms with Gasteiger partial charge in [-0.3, -0.25) is 4.79 Å². The Kier molecular flexibility index (Phi) is 2.21. The van der Waals surface area contributed by atoms with Gasteiger partial charge in [-0.05, 0) is 24.3 Å². The summed E-state index contributed by atoms with van der Waals surface area (Å²) in [5, 5.41) is 20.8. The van der Waals surface area contributed by atoms with Gasteiger partial charge in [0, 0.05) is 16.8 Å². The van der Waals surface area contributed by atoms with Crippen molar-refractivity contribution in [1.29, 1.82) is 0 Å². The number of fused-ring (bicyclic) bond motifs is 3. The highest BCUT2D eigenvalue weighted by molar-refractivity contribution is 6.38. The Bertz CT molecular complexity index is 839. The lowest BCUT2D eigenvalue weighted by molar-refractivity contribution is 0.475. The molecule has 18 heavy (non-hydrogen) atoms. The summed E-state index contributed by atoms with van der Waals surface area (Å²) in [4.78, 5) is 14.5. The SMILES string of the molecule is O=c1[nH]c2cc(O)ccc2c2c(Cl)cc(O)cc12. The molecular weight excluding hydrogens is 254 g/mol. The maximum Gasteiger partial charge on any atom is 0.256 e. The van der Waals surface area contributed by atoms with Crippen LogP contribution in [0.15, 0.2) is 35.1 Å². The number of aromatic nitrogens is 1. The lowest BCUT2D eigenvalue weighted by atomic mass is 10.1. The maximum atomic E-state index is 11.9. The largest absolute Gasteiger partial charge is 0.508 e. The number of pyridine rings is 1. The van der Waals surface area contributed by atoms with Gasteiger partial charge in [0.15, 0.2) is 0 Å². The van der Waals surface area contributed by atoms with Crippen LogP contribution in [0.4, 0.5) is 0 Å². The van der Waals surface area contributed by atoms with Gasteiger partial charge in [-0.15, -0.1) is 0 Å². The van der Waals surface area contributed by atoms with Gasteiger partial charge in [0.1, 0.15) is 11.5 Å². The Balaban J connectivity index is 2.65. The third-order valence-corrected chi connectivity index (χ3v) is 3.14. The maximum absolute atomic E-state index is 11.9. The smallest absolute Gasteiger partial charge is 0.256 e. The van der Waals surface area contributed by atoms with Gasteiger partial charge in [-0.25, -0.2) is 0 Å². The lowest BCUT2D eigenvalue weighted by Gasteiger charge is -2.06. The molecule has 0 radical (unpaired) electrons. The zero-order valence-electron chi connectivity index (χ0n) is 9.07. The van der Waals surface area contributed by atoms with Gasteiger partial charge in [0.25, 0.3) is 5.56 Å². The fraction of sp³-hybridized carbons (Fsp3) is 0. The van der Waals surface area contributed by atoms with Crippen LogP contribution >= 0.6 is 11.6 Å². The number of phenols is 2. The van der Waals surface area contributed by atoms with Gasteiger partial charge in [0.05, 0.1) is 15.9 Å². The van der Waals surface area contributed by atoms with Crippen molar-refractivity contribution in [1.82, 2.24) is 4.98 Å². The van der Waals surface area contributed by atoms with E-state index in [1.807, 2.05) is 0 Å². The number of halogens is 1. The molecule has 3 N–H and O–H groups in total. The molecule has 0 aliphatic rings. The van der Waals surface area contributed by atoms with Crippen LogP contribution in [0.3, 0.4) is 0 Å². The molecule has 0 saturated carbocycles. The fourth-order valence-corrected chi connectivity index (χ4v) is 2.40. The number of aromatic hydroxyl groups is 2. The molecule has 0 aliphatic heterocycles. The first-order chi connectivity index (χ1) is 8.56. The Hall–Kier alpha value is -2.20. The van der Waals surface area contributed by atoms with Crippen molar-refractivity contribution >= 4 is 33.3 Å². The number of aromatic amines is 1. The first-order valence-electron chi connectivity index (χ1n) is 5.23. The van der Waals surface area contributed by atoms with Crippen molar-refractivity contribution < 1.29 is 10.2 Å². The molecule has 0 bridgehead atoms. The Morgan fingerprint density at radius 1 is 1.00 bits per heavy atom. The van der Waals surface area contributed by atoms with Crippen LogP contribution in [0.2, 0.25) is 5.02 Å². The predicted octanol–water partition coefficient (Wildman–Crippen LogP) is 2.75. The van der Waals surface area contributed by atoms with Crippen LogP contribution in [0.1, 0.15) is 0 Å². The number of benzene rings is 2. The molecule has 2 aromatic carbocycles. The molecule has 3 aromatic rings. The minimum Gasteiger partial charge on any atom is -0.508 e. The molecule has 4 nitrogen and oxygen atoms in total. The minimum absolute atomic E-state index is 0.0591. The van der Waals surface area contributed by atoms with Gasteiger partial charge in [-0.2, -0.15) is 0 Å². The van der Waals surface area contributed by atoms with E-state index in [0.29, 0.717) is 26.7 Å². The number of hydrogen-bond donors (Lipinski definition) is 3. The molecule has 0 aliphatic carbocycles. The Labute approximate surface area is 106 Å². The molecule has 0 spiro atoms. The summed E-state index contributed by atoms with van der Waals surface area (Å²) < 4.78 is 0. The molecule has 0 atom stereocenters. The Morgan fingerprint density at radius 3 is 2.56 bits per heavy atom. The van der Waals surface area contributed by atoms with Crippen molar-refractivity contribution in [2.45, 2.75) is 0 Å². The van der Waals surface area contributed by atoms with Crippen LogP contribution in [0, 0.1) is 0 Å². The van der Waals surface area contributed by atoms with E-state index in [-0.39, 0.29) is 17.1 Å². The third-order valence-electron chi connectivity index (χ3n) is 2.84. The zero-order valence-corrected chi connectivity index (χ0v) is 9.82. The van der Waals surface area contributed by atoms with Crippen molar-refractivity contribution in [3.05, 3.63) is 45.7 Å². The van der Waals surface area contributed by atoms with Crippen LogP contribution in [-0.2, 0) is 0 Å². The van der Waals surface area contributed by atoms with Gasteiger partial charge in [0.2, 0.25) is 0 Å². The first-order valence-corrected chi connectivity index (χ1v) is 5.61. The van der Waals surface area contributed by atoms with Crippen molar-refractivity contribution in [2.75, 3.05) is 0 Å². The quantitative estimate of drug-likeness (QED) is 0.545. The average molecular weight is 262 g/mol. The summed E-state index contributed by atoms with van der Waals surface area (Å²) in [6, 6.07) is 7.40. The number of hydrogen-bond acceptors (Lipinski definition) is 3. The van der Waals surface area contributed by atoms with Gasteiger partial charge in [-0.1, -0.05) is 11.6 Å². The molecule has 0 fully saturated rings. The fourth-order valence-electron chi connectivity index (χ4n) is 2.09. The summed E-state index contributed by atoms with van der Waals surface area (Å²) in [6.07, 6.45) is 0. The highest BCUT2D eigenvalue weighted by atomic mass is 35.5. The van der Waals surface area contributed by atoms with Crippen molar-refractivity contribution in [3.8, 4) is 11.5 Å². The van der Waals surface area contributed by atoms with E-state index in [2.05, 4.69) is 4.98 Å². The lowest BCUT2D eigenvalue weighted by Crippen LogP contribution is -2.06. The van der Waals surface area contributed by atoms with Crippen LogP contribution in [-0.4, -0.2) is 15.2 Å².